The first-order chi connectivity index (χ1) is 29.1. The summed E-state index contributed by atoms with van der Waals surface area (Å²) < 4.78 is 34.1. The molecule has 7 N–H and O–H groups in total. The normalized spacial score (nSPS) is 28.0. The van der Waals surface area contributed by atoms with Gasteiger partial charge in [0.25, 0.3) is 0 Å². The minimum absolute atomic E-state index is 0.0539. The Morgan fingerprint density at radius 2 is 1.08 bits per heavy atom. The van der Waals surface area contributed by atoms with Crippen LogP contribution in [-0.2, 0) is 33.2 Å². The van der Waals surface area contributed by atoms with Crippen molar-refractivity contribution >= 4 is 5.97 Å². The molecular formula is C46H82O14. The predicted molar refractivity (Wildman–Crippen MR) is 229 cm³/mol. The molecule has 0 spiro atoms. The van der Waals surface area contributed by atoms with Gasteiger partial charge in [-0.1, -0.05) is 134 Å². The van der Waals surface area contributed by atoms with Crippen molar-refractivity contribution in [1.29, 1.82) is 0 Å². The maximum absolute atomic E-state index is 12.9. The number of carbonyl (C=O) groups excluding carboxylic acids is 1. The molecule has 2 heterocycles. The lowest BCUT2D eigenvalue weighted by molar-refractivity contribution is -0.332. The Hall–Kier alpha value is -1.79. The monoisotopic (exact) mass is 859 g/mol. The van der Waals surface area contributed by atoms with E-state index in [1.54, 1.807) is 0 Å². The minimum Gasteiger partial charge on any atom is -0.457 e. The molecule has 0 aromatic heterocycles. The van der Waals surface area contributed by atoms with Crippen LogP contribution in [0.15, 0.2) is 36.5 Å². The number of unbranched alkanes of at least 4 members (excludes halogenated alkanes) is 15. The summed E-state index contributed by atoms with van der Waals surface area (Å²) in [4.78, 5) is 12.9. The number of aliphatic hydroxyl groups excluding tert-OH is 7. The zero-order chi connectivity index (χ0) is 43.8. The first-order valence-corrected chi connectivity index (χ1v) is 23.1. The number of allylic oxidation sites excluding steroid dienone is 6. The van der Waals surface area contributed by atoms with E-state index in [2.05, 4.69) is 50.3 Å². The van der Waals surface area contributed by atoms with Gasteiger partial charge in [0.2, 0.25) is 0 Å². The topological polar surface area (TPSA) is 214 Å². The van der Waals surface area contributed by atoms with Gasteiger partial charge in [-0.15, -0.1) is 0 Å². The highest BCUT2D eigenvalue weighted by molar-refractivity contribution is 5.69. The van der Waals surface area contributed by atoms with Crippen LogP contribution >= 0.6 is 0 Å². The molecule has 14 nitrogen and oxygen atoms in total. The van der Waals surface area contributed by atoms with Crippen LogP contribution in [0, 0.1) is 0 Å². The van der Waals surface area contributed by atoms with E-state index in [4.69, 9.17) is 28.4 Å². The summed E-state index contributed by atoms with van der Waals surface area (Å²) in [7, 11) is 0. The molecule has 0 saturated carbocycles. The first kappa shape index (κ1) is 54.3. The molecule has 2 rings (SSSR count). The zero-order valence-corrected chi connectivity index (χ0v) is 36.7. The van der Waals surface area contributed by atoms with Crippen LogP contribution in [0.25, 0.3) is 0 Å². The number of aliphatic hydroxyl groups is 7. The second kappa shape index (κ2) is 34.7. The van der Waals surface area contributed by atoms with Gasteiger partial charge in [0.15, 0.2) is 12.6 Å². The highest BCUT2D eigenvalue weighted by Gasteiger charge is 2.47. The van der Waals surface area contributed by atoms with Crippen molar-refractivity contribution in [3.8, 4) is 0 Å². The van der Waals surface area contributed by atoms with Crippen molar-refractivity contribution in [2.24, 2.45) is 0 Å². The van der Waals surface area contributed by atoms with E-state index in [0.29, 0.717) is 13.0 Å². The lowest BCUT2D eigenvalue weighted by Crippen LogP contribution is -2.61. The molecule has 0 aromatic carbocycles. The quantitative estimate of drug-likeness (QED) is 0.0240. The van der Waals surface area contributed by atoms with Crippen LogP contribution < -0.4 is 0 Å². The molecule has 0 bridgehead atoms. The third kappa shape index (κ3) is 23.1. The standard InChI is InChI=1S/C46H82O14/c1-3-5-7-9-11-13-15-16-17-18-19-20-22-24-26-28-30-55-32-35(58-38(48)29-27-25-23-21-14-12-10-8-6-4-2)33-56-45-44(54)42(52)40(50)37(60-45)34-57-46-43(53)41(51)39(49)36(31-47)59-46/h5,7,11,13,16-17,35-37,39-47,49-54H,3-4,6,8-10,12,14-15,18-34H2,1-2H3/b7-5-,13-11-,17-16-. The van der Waals surface area contributed by atoms with Crippen molar-refractivity contribution < 1.29 is 69.0 Å². The Labute approximate surface area is 359 Å². The summed E-state index contributed by atoms with van der Waals surface area (Å²) in [6, 6.07) is 0. The third-order valence-corrected chi connectivity index (χ3v) is 10.9. The second-order valence-electron chi connectivity index (χ2n) is 16.2. The van der Waals surface area contributed by atoms with E-state index in [-0.39, 0.29) is 25.6 Å². The van der Waals surface area contributed by atoms with Gasteiger partial charge in [-0.25, -0.2) is 0 Å². The van der Waals surface area contributed by atoms with Crippen molar-refractivity contribution in [2.75, 3.05) is 33.0 Å². The van der Waals surface area contributed by atoms with Crippen LogP contribution in [0.5, 0.6) is 0 Å². The SMILES string of the molecule is CC/C=C\C/C=C\C/C=C\CCCCCCCCOCC(COC1OC(COC2OC(CO)C(O)C(O)C2O)C(O)C(O)C1O)OC(=O)CCCCCCCCCCCC. The molecule has 60 heavy (non-hydrogen) atoms. The highest BCUT2D eigenvalue weighted by Crippen LogP contribution is 2.26. The molecule has 0 amide bonds. The van der Waals surface area contributed by atoms with Gasteiger partial charge in [-0.05, 0) is 44.9 Å². The molecule has 2 aliphatic heterocycles. The molecule has 0 radical (unpaired) electrons. The largest absolute Gasteiger partial charge is 0.457 e. The van der Waals surface area contributed by atoms with E-state index in [1.807, 2.05) is 0 Å². The smallest absolute Gasteiger partial charge is 0.306 e. The van der Waals surface area contributed by atoms with Crippen LogP contribution in [-0.4, -0.2) is 142 Å². The maximum Gasteiger partial charge on any atom is 0.306 e. The number of rotatable bonds is 35. The fourth-order valence-electron chi connectivity index (χ4n) is 7.12. The Balaban J connectivity index is 1.80. The molecule has 11 unspecified atom stereocenters. The van der Waals surface area contributed by atoms with Gasteiger partial charge in [-0.2, -0.15) is 0 Å². The van der Waals surface area contributed by atoms with E-state index >= 15 is 0 Å². The van der Waals surface area contributed by atoms with Gasteiger partial charge < -0.3 is 64.2 Å². The molecule has 2 saturated heterocycles. The van der Waals surface area contributed by atoms with Crippen LogP contribution in [0.1, 0.15) is 149 Å². The van der Waals surface area contributed by atoms with Crippen molar-refractivity contribution in [1.82, 2.24) is 0 Å². The van der Waals surface area contributed by atoms with Crippen molar-refractivity contribution in [3.05, 3.63) is 36.5 Å². The first-order valence-electron chi connectivity index (χ1n) is 23.1. The third-order valence-electron chi connectivity index (χ3n) is 10.9. The molecule has 14 heteroatoms. The zero-order valence-electron chi connectivity index (χ0n) is 36.7. The molecule has 2 fully saturated rings. The van der Waals surface area contributed by atoms with Crippen LogP contribution in [0.2, 0.25) is 0 Å². The highest BCUT2D eigenvalue weighted by atomic mass is 16.7. The lowest BCUT2D eigenvalue weighted by Gasteiger charge is -2.42. The number of ether oxygens (including phenoxy) is 6. The molecule has 11 atom stereocenters. The molecule has 350 valence electrons. The van der Waals surface area contributed by atoms with Gasteiger partial charge >= 0.3 is 5.97 Å². The number of hydrogen-bond acceptors (Lipinski definition) is 14. The van der Waals surface area contributed by atoms with E-state index in [1.165, 1.54) is 51.4 Å². The average molecular weight is 859 g/mol. The summed E-state index contributed by atoms with van der Waals surface area (Å²) >= 11 is 0. The summed E-state index contributed by atoms with van der Waals surface area (Å²) in [5, 5.41) is 71.9. The van der Waals surface area contributed by atoms with E-state index in [0.717, 1.165) is 70.6 Å². The van der Waals surface area contributed by atoms with Gasteiger partial charge in [-0.3, -0.25) is 4.79 Å². The summed E-state index contributed by atoms with van der Waals surface area (Å²) in [6.45, 7) is 3.51. The van der Waals surface area contributed by atoms with Crippen molar-refractivity contribution in [3.63, 3.8) is 0 Å². The van der Waals surface area contributed by atoms with Gasteiger partial charge in [0.05, 0.1) is 26.4 Å². The van der Waals surface area contributed by atoms with Crippen LogP contribution in [0.4, 0.5) is 0 Å². The fourth-order valence-corrected chi connectivity index (χ4v) is 7.12. The minimum atomic E-state index is -1.71. The summed E-state index contributed by atoms with van der Waals surface area (Å²) in [6.07, 6.45) is 19.3. The number of hydrogen-bond donors (Lipinski definition) is 7. The second-order valence-corrected chi connectivity index (χ2v) is 16.2. The van der Waals surface area contributed by atoms with E-state index in [9.17, 15) is 40.5 Å². The molecule has 0 aliphatic carbocycles. The van der Waals surface area contributed by atoms with Gasteiger partial charge in [0.1, 0.15) is 54.9 Å². The Bertz CT molecular complexity index is 1130. The molecule has 2 aliphatic rings. The Kier molecular flexibility index (Phi) is 31.4. The molecular weight excluding hydrogens is 776 g/mol. The predicted octanol–water partition coefficient (Wildman–Crippen LogP) is 5.46. The number of carbonyl (C=O) groups is 1. The van der Waals surface area contributed by atoms with E-state index < -0.39 is 80.7 Å². The average Bonchev–Trinajstić information content (AvgIpc) is 3.24. The number of esters is 1. The molecule has 0 aromatic rings. The van der Waals surface area contributed by atoms with Gasteiger partial charge in [0, 0.05) is 13.0 Å². The Morgan fingerprint density at radius 1 is 0.567 bits per heavy atom. The lowest BCUT2D eigenvalue weighted by atomic mass is 9.98. The van der Waals surface area contributed by atoms with Crippen molar-refractivity contribution in [2.45, 2.75) is 216 Å². The summed E-state index contributed by atoms with van der Waals surface area (Å²) in [5.74, 6) is -0.385. The van der Waals surface area contributed by atoms with Crippen LogP contribution in [0.3, 0.4) is 0 Å². The fraction of sp³-hybridized carbons (Fsp3) is 0.848. The summed E-state index contributed by atoms with van der Waals surface area (Å²) in [5.41, 5.74) is 0. The maximum atomic E-state index is 12.9. The Morgan fingerprint density at radius 3 is 1.70 bits per heavy atom.